The van der Waals surface area contributed by atoms with Crippen molar-refractivity contribution in [1.29, 1.82) is 5.26 Å². The number of carbonyl (C=O) groups is 1. The van der Waals surface area contributed by atoms with Crippen LogP contribution in [0, 0.1) is 11.3 Å². The number of rotatable bonds is 3. The number of hydrogen-bond acceptors (Lipinski definition) is 4. The summed E-state index contributed by atoms with van der Waals surface area (Å²) >= 11 is 0. The minimum atomic E-state index is -0.179. The highest BCUT2D eigenvalue weighted by molar-refractivity contribution is 5.93. The van der Waals surface area contributed by atoms with Crippen molar-refractivity contribution in [3.8, 4) is 17.6 Å². The van der Waals surface area contributed by atoms with Gasteiger partial charge >= 0.3 is 0 Å². The van der Waals surface area contributed by atoms with Gasteiger partial charge < -0.3 is 19.4 Å². The lowest BCUT2D eigenvalue weighted by Crippen LogP contribution is -2.19. The van der Waals surface area contributed by atoms with Crippen LogP contribution in [-0.2, 0) is 11.3 Å². The third-order valence-corrected chi connectivity index (χ3v) is 4.05. The van der Waals surface area contributed by atoms with Gasteiger partial charge in [0, 0.05) is 28.9 Å². The molecule has 6 heteroatoms. The van der Waals surface area contributed by atoms with E-state index in [0.29, 0.717) is 36.0 Å². The van der Waals surface area contributed by atoms with Crippen molar-refractivity contribution in [3.63, 3.8) is 0 Å². The van der Waals surface area contributed by atoms with E-state index in [0.717, 1.165) is 10.9 Å². The molecule has 6 nitrogen and oxygen atoms in total. The molecule has 0 radical (unpaired) electrons. The van der Waals surface area contributed by atoms with Crippen LogP contribution >= 0.6 is 0 Å². The Morgan fingerprint density at radius 2 is 1.96 bits per heavy atom. The topological polar surface area (TPSA) is 76.3 Å². The molecule has 1 aromatic heterocycles. The Balaban J connectivity index is 1.54. The van der Waals surface area contributed by atoms with Crippen LogP contribution in [0.5, 0.6) is 11.5 Å². The molecule has 0 fully saturated rings. The van der Waals surface area contributed by atoms with Gasteiger partial charge in [0.2, 0.25) is 5.91 Å². The lowest BCUT2D eigenvalue weighted by atomic mass is 10.2. The van der Waals surface area contributed by atoms with Crippen LogP contribution in [-0.4, -0.2) is 23.7 Å². The summed E-state index contributed by atoms with van der Waals surface area (Å²) in [5.41, 5.74) is 2.06. The lowest BCUT2D eigenvalue weighted by molar-refractivity contribution is -0.116. The van der Waals surface area contributed by atoms with E-state index in [1.54, 1.807) is 29.0 Å². The average molecular weight is 333 g/mol. The van der Waals surface area contributed by atoms with Crippen molar-refractivity contribution in [2.45, 2.75) is 6.54 Å². The summed E-state index contributed by atoms with van der Waals surface area (Å²) in [5, 5.41) is 12.9. The summed E-state index contributed by atoms with van der Waals surface area (Å²) in [4.78, 5) is 12.4. The van der Waals surface area contributed by atoms with Gasteiger partial charge in [0.05, 0.1) is 5.56 Å². The molecule has 0 unspecified atom stereocenters. The molecule has 4 rings (SSSR count). The summed E-state index contributed by atoms with van der Waals surface area (Å²) in [6, 6.07) is 15.0. The minimum absolute atomic E-state index is 0.122. The van der Waals surface area contributed by atoms with E-state index in [9.17, 15) is 10.1 Å². The third-order valence-electron chi connectivity index (χ3n) is 4.05. The van der Waals surface area contributed by atoms with Gasteiger partial charge in [-0.05, 0) is 18.2 Å². The number of amides is 1. The van der Waals surface area contributed by atoms with Crippen molar-refractivity contribution in [2.24, 2.45) is 0 Å². The first-order chi connectivity index (χ1) is 12.2. The Hall–Kier alpha value is -3.46. The smallest absolute Gasteiger partial charge is 0.244 e. The van der Waals surface area contributed by atoms with Crippen LogP contribution < -0.4 is 14.8 Å². The predicted octanol–water partition coefficient (Wildman–Crippen LogP) is 2.92. The van der Waals surface area contributed by atoms with Crippen LogP contribution in [0.25, 0.3) is 10.9 Å². The maximum absolute atomic E-state index is 12.4. The van der Waals surface area contributed by atoms with Gasteiger partial charge in [-0.3, -0.25) is 4.79 Å². The number of benzene rings is 2. The molecule has 0 atom stereocenters. The molecule has 2 aromatic carbocycles. The molecule has 1 aliphatic heterocycles. The Bertz CT molecular complexity index is 1000. The van der Waals surface area contributed by atoms with E-state index in [1.807, 2.05) is 24.3 Å². The molecule has 0 saturated carbocycles. The first-order valence-electron chi connectivity index (χ1n) is 7.92. The maximum atomic E-state index is 12.4. The zero-order chi connectivity index (χ0) is 17.2. The summed E-state index contributed by atoms with van der Waals surface area (Å²) in [5.74, 6) is 1.13. The fraction of sp³-hybridized carbons (Fsp3) is 0.158. The van der Waals surface area contributed by atoms with Gasteiger partial charge in [-0.25, -0.2) is 0 Å². The first kappa shape index (κ1) is 15.1. The van der Waals surface area contributed by atoms with Gasteiger partial charge in [0.15, 0.2) is 11.5 Å². The van der Waals surface area contributed by atoms with E-state index in [-0.39, 0.29) is 12.5 Å². The molecule has 0 bridgehead atoms. The zero-order valence-corrected chi connectivity index (χ0v) is 13.4. The molecule has 1 N–H and O–H groups in total. The zero-order valence-electron chi connectivity index (χ0n) is 13.4. The number of carbonyl (C=O) groups excluding carboxylic acids is 1. The molecule has 124 valence electrons. The minimum Gasteiger partial charge on any atom is -0.486 e. The normalized spacial score (nSPS) is 12.6. The van der Waals surface area contributed by atoms with E-state index in [4.69, 9.17) is 9.47 Å². The molecular weight excluding hydrogens is 318 g/mol. The molecule has 3 aromatic rings. The predicted molar refractivity (Wildman–Crippen MR) is 92.7 cm³/mol. The standard InChI is InChI=1S/C19H15N3O3/c20-10-13-11-22(16-4-2-1-3-15(13)16)12-19(23)21-14-5-6-17-18(9-14)25-8-7-24-17/h1-6,9,11H,7-8,12H2,(H,21,23). The number of nitriles is 1. The SMILES string of the molecule is N#Cc1cn(CC(=O)Nc2ccc3c(c2)OCCO3)c2ccccc12. The summed E-state index contributed by atoms with van der Waals surface area (Å²) in [7, 11) is 0. The second kappa shape index (κ2) is 6.21. The van der Waals surface area contributed by atoms with Crippen molar-refractivity contribution >= 4 is 22.5 Å². The van der Waals surface area contributed by atoms with Crippen LogP contribution in [0.3, 0.4) is 0 Å². The molecule has 0 saturated heterocycles. The summed E-state index contributed by atoms with van der Waals surface area (Å²) in [6.07, 6.45) is 1.70. The van der Waals surface area contributed by atoms with E-state index >= 15 is 0 Å². The monoisotopic (exact) mass is 333 g/mol. The largest absolute Gasteiger partial charge is 0.486 e. The Labute approximate surface area is 144 Å². The van der Waals surface area contributed by atoms with Crippen LogP contribution in [0.15, 0.2) is 48.7 Å². The highest BCUT2D eigenvalue weighted by Crippen LogP contribution is 2.32. The number of anilines is 1. The number of aromatic nitrogens is 1. The first-order valence-corrected chi connectivity index (χ1v) is 7.92. The van der Waals surface area contributed by atoms with E-state index in [1.165, 1.54) is 0 Å². The number of fused-ring (bicyclic) bond motifs is 2. The molecule has 1 amide bonds. The van der Waals surface area contributed by atoms with Gasteiger partial charge in [-0.2, -0.15) is 5.26 Å². The summed E-state index contributed by atoms with van der Waals surface area (Å²) < 4.78 is 12.8. The van der Waals surface area contributed by atoms with E-state index in [2.05, 4.69) is 11.4 Å². The molecule has 0 spiro atoms. The number of ether oxygens (including phenoxy) is 2. The molecule has 0 aliphatic carbocycles. The summed E-state index contributed by atoms with van der Waals surface area (Å²) in [6.45, 7) is 1.15. The molecule has 2 heterocycles. The third kappa shape index (κ3) is 2.88. The Kier molecular flexibility index (Phi) is 3.75. The fourth-order valence-corrected chi connectivity index (χ4v) is 2.94. The molecular formula is C19H15N3O3. The number of nitrogens with one attached hydrogen (secondary N) is 1. The highest BCUT2D eigenvalue weighted by Gasteiger charge is 2.14. The highest BCUT2D eigenvalue weighted by atomic mass is 16.6. The van der Waals surface area contributed by atoms with Gasteiger partial charge in [-0.1, -0.05) is 18.2 Å². The van der Waals surface area contributed by atoms with Crippen molar-refractivity contribution in [3.05, 3.63) is 54.2 Å². The van der Waals surface area contributed by atoms with Crippen molar-refractivity contribution < 1.29 is 14.3 Å². The second-order valence-corrected chi connectivity index (χ2v) is 5.71. The van der Waals surface area contributed by atoms with Crippen LogP contribution in [0.4, 0.5) is 5.69 Å². The lowest BCUT2D eigenvalue weighted by Gasteiger charge is -2.19. The van der Waals surface area contributed by atoms with Gasteiger partial charge in [0.1, 0.15) is 25.8 Å². The van der Waals surface area contributed by atoms with Crippen LogP contribution in [0.2, 0.25) is 0 Å². The molecule has 1 aliphatic rings. The quantitative estimate of drug-likeness (QED) is 0.799. The Morgan fingerprint density at radius 3 is 2.80 bits per heavy atom. The fourth-order valence-electron chi connectivity index (χ4n) is 2.94. The van der Waals surface area contributed by atoms with Gasteiger partial charge in [0.25, 0.3) is 0 Å². The second-order valence-electron chi connectivity index (χ2n) is 5.71. The maximum Gasteiger partial charge on any atom is 0.244 e. The molecule has 25 heavy (non-hydrogen) atoms. The van der Waals surface area contributed by atoms with Gasteiger partial charge in [-0.15, -0.1) is 0 Å². The number of hydrogen-bond donors (Lipinski definition) is 1. The van der Waals surface area contributed by atoms with E-state index < -0.39 is 0 Å². The van der Waals surface area contributed by atoms with Crippen molar-refractivity contribution in [2.75, 3.05) is 18.5 Å². The number of nitrogens with zero attached hydrogens (tertiary/aromatic N) is 2. The average Bonchev–Trinajstić information content (AvgIpc) is 2.99. The number of para-hydroxylation sites is 1. The Morgan fingerprint density at radius 1 is 1.16 bits per heavy atom. The van der Waals surface area contributed by atoms with Crippen molar-refractivity contribution in [1.82, 2.24) is 4.57 Å². The van der Waals surface area contributed by atoms with Crippen LogP contribution in [0.1, 0.15) is 5.56 Å².